The zero-order valence-corrected chi connectivity index (χ0v) is 29.8. The standard InChI is InChI=1S/C34H50O20/c1-5-13-14(7-21(37)46-3)16(10-48-31(13)53-33-27(42)25(40)23(38)19(8-35)51-33)30(45)50-18-6-15-17(29(44)47-4)11-49-32(22(15)12(18)2)54-34-28(43)26(41)24(39)20(9-36)52-34/h5,10-15,18-28,31-43H,1,6-9H2,2-4H3/t12-,13+,14-,15+,18-,19+,20-,21-,22+,23+,24-,25-,26+,27+,28-,31-,32-,33-,34+/m0/s1. The molecule has 20 nitrogen and oxygen atoms in total. The van der Waals surface area contributed by atoms with Crippen molar-refractivity contribution in [1.82, 2.24) is 0 Å². The molecule has 0 spiro atoms. The van der Waals surface area contributed by atoms with Gasteiger partial charge < -0.3 is 88.6 Å². The van der Waals surface area contributed by atoms with E-state index in [1.807, 2.05) is 0 Å². The number of hydrogen-bond donors (Lipinski definition) is 9. The zero-order chi connectivity index (χ0) is 39.6. The van der Waals surface area contributed by atoms with Crippen LogP contribution in [0.1, 0.15) is 19.8 Å². The van der Waals surface area contributed by atoms with Crippen LogP contribution in [0.25, 0.3) is 0 Å². The molecule has 9 N–H and O–H groups in total. The zero-order valence-electron chi connectivity index (χ0n) is 29.8. The van der Waals surface area contributed by atoms with Crippen LogP contribution < -0.4 is 0 Å². The average molecular weight is 779 g/mol. The van der Waals surface area contributed by atoms with Crippen LogP contribution in [0.2, 0.25) is 0 Å². The van der Waals surface area contributed by atoms with E-state index < -0.39 is 141 Å². The lowest BCUT2D eigenvalue weighted by Crippen LogP contribution is -2.60. The third-order valence-electron chi connectivity index (χ3n) is 10.8. The molecule has 5 aliphatic rings. The van der Waals surface area contributed by atoms with Crippen LogP contribution in [0.5, 0.6) is 0 Å². The molecular formula is C34H50O20. The molecule has 0 aromatic heterocycles. The maximum Gasteiger partial charge on any atom is 0.337 e. The summed E-state index contributed by atoms with van der Waals surface area (Å²) in [6, 6.07) is 0. The lowest BCUT2D eigenvalue weighted by molar-refractivity contribution is -0.342. The van der Waals surface area contributed by atoms with Crippen molar-refractivity contribution in [2.45, 2.75) is 106 Å². The molecule has 0 aromatic carbocycles. The summed E-state index contributed by atoms with van der Waals surface area (Å²) in [5.74, 6) is -5.48. The van der Waals surface area contributed by atoms with Crippen LogP contribution >= 0.6 is 0 Å². The van der Waals surface area contributed by atoms with Gasteiger partial charge in [0.05, 0.1) is 44.0 Å². The van der Waals surface area contributed by atoms with Crippen LogP contribution in [0.3, 0.4) is 0 Å². The summed E-state index contributed by atoms with van der Waals surface area (Å²) in [5, 5.41) is 91.7. The number of aliphatic hydroxyl groups is 9. The van der Waals surface area contributed by atoms with E-state index in [1.54, 1.807) is 6.92 Å². The third-order valence-corrected chi connectivity index (χ3v) is 10.8. The van der Waals surface area contributed by atoms with E-state index in [9.17, 15) is 55.5 Å². The van der Waals surface area contributed by atoms with E-state index in [0.29, 0.717) is 0 Å². The van der Waals surface area contributed by atoms with Crippen molar-refractivity contribution < 1.29 is 98.2 Å². The highest BCUT2D eigenvalue weighted by Crippen LogP contribution is 2.49. The number of ether oxygens (including phenoxy) is 9. The van der Waals surface area contributed by atoms with Crippen molar-refractivity contribution in [2.24, 2.45) is 29.6 Å². The van der Waals surface area contributed by atoms with Crippen LogP contribution in [0.15, 0.2) is 36.3 Å². The van der Waals surface area contributed by atoms with Crippen molar-refractivity contribution in [3.8, 4) is 0 Å². The summed E-state index contributed by atoms with van der Waals surface area (Å²) in [6.07, 6.45) is -17.4. The Morgan fingerprint density at radius 1 is 0.815 bits per heavy atom. The van der Waals surface area contributed by atoms with Gasteiger partial charge in [-0.15, -0.1) is 6.58 Å². The number of hydrogen-bond acceptors (Lipinski definition) is 20. The topological polar surface area (TPSA) is 299 Å². The highest BCUT2D eigenvalue weighted by atomic mass is 16.8. The Balaban J connectivity index is 1.36. The molecule has 0 unspecified atom stereocenters. The Morgan fingerprint density at radius 3 is 1.87 bits per heavy atom. The number of rotatable bonds is 13. The first kappa shape index (κ1) is 42.3. The van der Waals surface area contributed by atoms with Crippen molar-refractivity contribution in [3.05, 3.63) is 36.3 Å². The number of aliphatic hydroxyl groups excluding tert-OH is 9. The lowest BCUT2D eigenvalue weighted by Gasteiger charge is -2.43. The predicted molar refractivity (Wildman–Crippen MR) is 173 cm³/mol. The molecule has 0 radical (unpaired) electrons. The van der Waals surface area contributed by atoms with E-state index in [2.05, 4.69) is 6.58 Å². The Hall–Kier alpha value is -2.80. The fraction of sp³-hybridized carbons (Fsp3) is 0.765. The molecule has 20 heteroatoms. The van der Waals surface area contributed by atoms with E-state index in [1.165, 1.54) is 20.3 Å². The number of esters is 2. The second-order valence-corrected chi connectivity index (χ2v) is 13.9. The molecular weight excluding hydrogens is 728 g/mol. The van der Waals surface area contributed by atoms with Gasteiger partial charge in [-0.25, -0.2) is 9.59 Å². The maximum absolute atomic E-state index is 14.0. The average Bonchev–Trinajstić information content (AvgIpc) is 3.49. The van der Waals surface area contributed by atoms with Gasteiger partial charge in [-0.05, 0) is 6.42 Å². The van der Waals surface area contributed by atoms with Crippen LogP contribution in [0.4, 0.5) is 0 Å². The highest BCUT2D eigenvalue weighted by Gasteiger charge is 2.55. The molecule has 306 valence electrons. The Kier molecular flexibility index (Phi) is 14.1. The molecule has 3 fully saturated rings. The van der Waals surface area contributed by atoms with Gasteiger partial charge in [0, 0.05) is 43.1 Å². The summed E-state index contributed by atoms with van der Waals surface area (Å²) in [4.78, 5) is 26.8. The number of methoxy groups -OCH3 is 2. The summed E-state index contributed by atoms with van der Waals surface area (Å²) in [7, 11) is 2.43. The Labute approximate surface area is 309 Å². The second-order valence-electron chi connectivity index (χ2n) is 13.9. The summed E-state index contributed by atoms with van der Waals surface area (Å²) < 4.78 is 50.3. The van der Waals surface area contributed by atoms with E-state index in [0.717, 1.165) is 12.5 Å². The highest BCUT2D eigenvalue weighted by molar-refractivity contribution is 5.90. The first-order valence-electron chi connectivity index (χ1n) is 17.5. The fourth-order valence-electron chi connectivity index (χ4n) is 7.66. The van der Waals surface area contributed by atoms with Gasteiger partial charge in [-0.3, -0.25) is 0 Å². The molecule has 1 aliphatic carbocycles. The predicted octanol–water partition coefficient (Wildman–Crippen LogP) is -3.77. The van der Waals surface area contributed by atoms with Gasteiger partial charge in [-0.2, -0.15) is 0 Å². The van der Waals surface area contributed by atoms with Crippen LogP contribution in [-0.4, -0.2) is 172 Å². The molecule has 0 aromatic rings. The minimum atomic E-state index is -1.76. The van der Waals surface area contributed by atoms with E-state index >= 15 is 0 Å². The first-order valence-corrected chi connectivity index (χ1v) is 17.5. The second kappa shape index (κ2) is 18.0. The molecule has 19 atom stereocenters. The molecule has 4 heterocycles. The third kappa shape index (κ3) is 8.32. The number of fused-ring (bicyclic) bond motifs is 1. The van der Waals surface area contributed by atoms with Crippen LogP contribution in [0, 0.1) is 29.6 Å². The molecule has 1 saturated carbocycles. The number of carbonyl (C=O) groups is 2. The SMILES string of the molecule is C=C[C@H]1[C@H](O[C@@H]2O[C@H](CO)[C@@H](O)[C@H](O)[C@H]2O)OC=C(C(=O)O[C@H]2C[C@@H]3C(C(=O)OC)=CO[C@@H](O[C@H]4O[C@@H](CO)[C@H](O)[C@@H](O)[C@@H]4O)[C@@H]3[C@H]2C)[C@H]1C[C@@H](O)OC. The van der Waals surface area contributed by atoms with E-state index in [4.69, 9.17) is 42.6 Å². The molecule has 0 amide bonds. The van der Waals surface area contributed by atoms with Crippen LogP contribution in [-0.2, 0) is 52.2 Å². The summed E-state index contributed by atoms with van der Waals surface area (Å²) in [5.41, 5.74) is 0.0450. The largest absolute Gasteiger partial charge is 0.472 e. The normalized spacial score (nSPS) is 44.1. The first-order chi connectivity index (χ1) is 25.7. The molecule has 0 bridgehead atoms. The monoisotopic (exact) mass is 778 g/mol. The smallest absolute Gasteiger partial charge is 0.337 e. The van der Waals surface area contributed by atoms with Gasteiger partial charge in [0.1, 0.15) is 54.9 Å². The van der Waals surface area contributed by atoms with Crippen molar-refractivity contribution in [3.63, 3.8) is 0 Å². The van der Waals surface area contributed by atoms with Crippen molar-refractivity contribution >= 4 is 11.9 Å². The van der Waals surface area contributed by atoms with Gasteiger partial charge in [0.15, 0.2) is 18.9 Å². The van der Waals surface area contributed by atoms with Gasteiger partial charge in [0.25, 0.3) is 0 Å². The van der Waals surface area contributed by atoms with Crippen molar-refractivity contribution in [1.29, 1.82) is 0 Å². The van der Waals surface area contributed by atoms with Gasteiger partial charge in [0.2, 0.25) is 12.6 Å². The summed E-state index contributed by atoms with van der Waals surface area (Å²) in [6.45, 7) is 4.13. The van der Waals surface area contributed by atoms with Gasteiger partial charge >= 0.3 is 11.9 Å². The number of carbonyl (C=O) groups excluding carboxylic acids is 2. The minimum absolute atomic E-state index is 0.0687. The van der Waals surface area contributed by atoms with Crippen molar-refractivity contribution in [2.75, 3.05) is 27.4 Å². The van der Waals surface area contributed by atoms with Gasteiger partial charge in [-0.1, -0.05) is 13.0 Å². The Morgan fingerprint density at radius 2 is 1.35 bits per heavy atom. The Bertz CT molecular complexity index is 1370. The lowest BCUT2D eigenvalue weighted by atomic mass is 9.81. The molecule has 5 rings (SSSR count). The maximum atomic E-state index is 14.0. The molecule has 54 heavy (non-hydrogen) atoms. The fourth-order valence-corrected chi connectivity index (χ4v) is 7.66. The summed E-state index contributed by atoms with van der Waals surface area (Å²) >= 11 is 0. The molecule has 4 aliphatic heterocycles. The quantitative estimate of drug-likeness (QED) is 0.0493. The minimum Gasteiger partial charge on any atom is -0.472 e. The molecule has 2 saturated heterocycles. The van der Waals surface area contributed by atoms with E-state index in [-0.39, 0.29) is 24.0 Å².